The summed E-state index contributed by atoms with van der Waals surface area (Å²) in [6.07, 6.45) is 3.75. The molecule has 0 aliphatic carbocycles. The normalized spacial score (nSPS) is 20.7. The predicted octanol–water partition coefficient (Wildman–Crippen LogP) is 4.23. The van der Waals surface area contributed by atoms with E-state index in [1.807, 2.05) is 6.07 Å². The Kier molecular flexibility index (Phi) is 7.30. The number of ether oxygens (including phenoxy) is 2. The van der Waals surface area contributed by atoms with E-state index in [9.17, 15) is 13.2 Å². The molecule has 8 nitrogen and oxygen atoms in total. The van der Waals surface area contributed by atoms with Crippen LogP contribution in [-0.2, 0) is 26.0 Å². The Bertz CT molecular complexity index is 1330. The number of benzene rings is 2. The number of rotatable bonds is 8. The highest BCUT2D eigenvalue weighted by Crippen LogP contribution is 2.34. The summed E-state index contributed by atoms with van der Waals surface area (Å²) in [6, 6.07) is 11.7. The zero-order valence-electron chi connectivity index (χ0n) is 20.6. The van der Waals surface area contributed by atoms with Crippen molar-refractivity contribution < 1.29 is 22.7 Å². The van der Waals surface area contributed by atoms with Crippen molar-refractivity contribution in [1.29, 1.82) is 0 Å². The number of nitrogens with zero attached hydrogens (tertiary/aromatic N) is 3. The lowest BCUT2D eigenvalue weighted by Gasteiger charge is -2.29. The number of carbonyl (C=O) groups is 1. The van der Waals surface area contributed by atoms with Crippen molar-refractivity contribution in [3.05, 3.63) is 48.0 Å². The van der Waals surface area contributed by atoms with Gasteiger partial charge in [-0.05, 0) is 74.1 Å². The maximum absolute atomic E-state index is 14.0. The first kappa shape index (κ1) is 25.1. The smallest absolute Gasteiger partial charge is 0.247 e. The average molecular weight is 530 g/mol. The molecule has 2 unspecified atom stereocenters. The Balaban J connectivity index is 1.47. The van der Waals surface area contributed by atoms with Gasteiger partial charge in [0.1, 0.15) is 11.8 Å². The van der Waals surface area contributed by atoms with Gasteiger partial charge in [0.05, 0.1) is 34.9 Å². The maximum atomic E-state index is 14.0. The van der Waals surface area contributed by atoms with Gasteiger partial charge in [0.2, 0.25) is 15.9 Å². The van der Waals surface area contributed by atoms with Crippen molar-refractivity contribution in [1.82, 2.24) is 9.29 Å². The lowest BCUT2D eigenvalue weighted by atomic mass is 10.1. The maximum Gasteiger partial charge on any atom is 0.247 e. The topological polar surface area (TPSA) is 89.0 Å². The van der Waals surface area contributed by atoms with Gasteiger partial charge < -0.3 is 9.47 Å². The highest BCUT2D eigenvalue weighted by molar-refractivity contribution is 7.89. The van der Waals surface area contributed by atoms with Crippen LogP contribution in [0.15, 0.2) is 47.4 Å². The predicted molar refractivity (Wildman–Crippen MR) is 140 cm³/mol. The molecule has 36 heavy (non-hydrogen) atoms. The summed E-state index contributed by atoms with van der Waals surface area (Å²) in [7, 11) is -2.32. The molecule has 0 spiro atoms. The SMILES string of the molecule is CCc1ccc2nc(N(CC3CCCO3)C(=O)C3CCCN3S(=O)(=O)c3ccc(OC)cc3)sc2c1. The summed E-state index contributed by atoms with van der Waals surface area (Å²) in [5.74, 6) is 0.336. The second kappa shape index (κ2) is 10.5. The largest absolute Gasteiger partial charge is 0.497 e. The van der Waals surface area contributed by atoms with Crippen LogP contribution in [0.1, 0.15) is 38.2 Å². The molecule has 2 atom stereocenters. The molecule has 0 radical (unpaired) electrons. The zero-order valence-corrected chi connectivity index (χ0v) is 22.2. The second-order valence-electron chi connectivity index (χ2n) is 9.19. The molecule has 0 saturated carbocycles. The number of hydrogen-bond acceptors (Lipinski definition) is 7. The standard InChI is InChI=1S/C26H31N3O5S2/c1-3-18-8-13-22-24(16-18)35-26(27-22)28(17-20-6-5-15-34-20)25(30)23-7-4-14-29(23)36(31,32)21-11-9-19(33-2)10-12-21/h8-13,16,20,23H,3-7,14-15,17H2,1-2H3. The number of anilines is 1. The molecule has 2 fully saturated rings. The molecule has 2 aromatic carbocycles. The Morgan fingerprint density at radius 3 is 2.69 bits per heavy atom. The van der Waals surface area contributed by atoms with Crippen LogP contribution in [-0.4, -0.2) is 62.6 Å². The Morgan fingerprint density at radius 2 is 2.00 bits per heavy atom. The van der Waals surface area contributed by atoms with Gasteiger partial charge in [0.25, 0.3) is 0 Å². The minimum Gasteiger partial charge on any atom is -0.497 e. The molecule has 192 valence electrons. The first-order valence-corrected chi connectivity index (χ1v) is 14.6. The Labute approximate surface area is 215 Å². The van der Waals surface area contributed by atoms with Crippen molar-refractivity contribution in [3.8, 4) is 5.75 Å². The van der Waals surface area contributed by atoms with Crippen molar-refractivity contribution in [2.75, 3.05) is 31.7 Å². The minimum atomic E-state index is -3.85. The number of methoxy groups -OCH3 is 1. The van der Waals surface area contributed by atoms with Gasteiger partial charge in [0.15, 0.2) is 5.13 Å². The third kappa shape index (κ3) is 4.87. The van der Waals surface area contributed by atoms with E-state index in [4.69, 9.17) is 14.5 Å². The van der Waals surface area contributed by atoms with E-state index in [1.165, 1.54) is 40.4 Å². The number of amides is 1. The van der Waals surface area contributed by atoms with Gasteiger partial charge in [-0.15, -0.1) is 0 Å². The number of fused-ring (bicyclic) bond motifs is 1. The monoisotopic (exact) mass is 529 g/mol. The van der Waals surface area contributed by atoms with E-state index < -0.39 is 16.1 Å². The number of hydrogen-bond donors (Lipinski definition) is 0. The second-order valence-corrected chi connectivity index (χ2v) is 12.1. The number of aromatic nitrogens is 1. The first-order valence-electron chi connectivity index (χ1n) is 12.4. The van der Waals surface area contributed by atoms with E-state index in [0.717, 1.165) is 29.5 Å². The Morgan fingerprint density at radius 1 is 1.19 bits per heavy atom. The highest BCUT2D eigenvalue weighted by Gasteiger charge is 2.42. The molecule has 3 heterocycles. The zero-order chi connectivity index (χ0) is 25.3. The van der Waals surface area contributed by atoms with E-state index in [0.29, 0.717) is 43.4 Å². The van der Waals surface area contributed by atoms with Gasteiger partial charge in [-0.2, -0.15) is 4.31 Å². The van der Waals surface area contributed by atoms with Crippen molar-refractivity contribution in [2.45, 2.75) is 56.1 Å². The van der Waals surface area contributed by atoms with Crippen LogP contribution in [0.25, 0.3) is 10.2 Å². The molecule has 1 aromatic heterocycles. The molecule has 2 saturated heterocycles. The van der Waals surface area contributed by atoms with E-state index in [1.54, 1.807) is 17.0 Å². The molecule has 1 amide bonds. The van der Waals surface area contributed by atoms with Crippen LogP contribution in [0.5, 0.6) is 5.75 Å². The van der Waals surface area contributed by atoms with Crippen LogP contribution in [0.4, 0.5) is 5.13 Å². The van der Waals surface area contributed by atoms with Crippen LogP contribution < -0.4 is 9.64 Å². The van der Waals surface area contributed by atoms with Crippen LogP contribution >= 0.6 is 11.3 Å². The molecular formula is C26H31N3O5S2. The van der Waals surface area contributed by atoms with Crippen LogP contribution in [0, 0.1) is 0 Å². The van der Waals surface area contributed by atoms with E-state index in [-0.39, 0.29) is 16.9 Å². The lowest BCUT2D eigenvalue weighted by Crippen LogP contribution is -2.49. The number of sulfonamides is 1. The fourth-order valence-corrected chi connectivity index (χ4v) is 7.58. The van der Waals surface area contributed by atoms with Crippen molar-refractivity contribution >= 4 is 42.6 Å². The van der Waals surface area contributed by atoms with E-state index >= 15 is 0 Å². The summed E-state index contributed by atoms with van der Waals surface area (Å²) < 4.78 is 40.5. The van der Waals surface area contributed by atoms with Gasteiger partial charge in [-0.3, -0.25) is 9.69 Å². The molecule has 2 aliphatic heterocycles. The van der Waals surface area contributed by atoms with Gasteiger partial charge in [0, 0.05) is 13.2 Å². The van der Waals surface area contributed by atoms with Gasteiger partial charge >= 0.3 is 0 Å². The summed E-state index contributed by atoms with van der Waals surface area (Å²) in [5, 5.41) is 0.590. The van der Waals surface area contributed by atoms with Crippen LogP contribution in [0.3, 0.4) is 0 Å². The van der Waals surface area contributed by atoms with Crippen LogP contribution in [0.2, 0.25) is 0 Å². The van der Waals surface area contributed by atoms with Crippen molar-refractivity contribution in [3.63, 3.8) is 0 Å². The number of aryl methyl sites for hydroxylation is 1. The summed E-state index contributed by atoms with van der Waals surface area (Å²) in [5.41, 5.74) is 2.05. The van der Waals surface area contributed by atoms with Crippen molar-refractivity contribution in [2.24, 2.45) is 0 Å². The van der Waals surface area contributed by atoms with Gasteiger partial charge in [-0.1, -0.05) is 24.3 Å². The molecular weight excluding hydrogens is 498 g/mol. The molecule has 0 bridgehead atoms. The molecule has 2 aliphatic rings. The fraction of sp³-hybridized carbons (Fsp3) is 0.462. The fourth-order valence-electron chi connectivity index (χ4n) is 4.88. The minimum absolute atomic E-state index is 0.0831. The summed E-state index contributed by atoms with van der Waals surface area (Å²) >= 11 is 1.47. The molecule has 0 N–H and O–H groups in total. The number of thiazole rings is 1. The van der Waals surface area contributed by atoms with E-state index in [2.05, 4.69) is 19.1 Å². The van der Waals surface area contributed by atoms with Gasteiger partial charge in [-0.25, -0.2) is 13.4 Å². The highest BCUT2D eigenvalue weighted by atomic mass is 32.2. The first-order chi connectivity index (χ1) is 17.4. The third-order valence-corrected chi connectivity index (χ3v) is 9.88. The molecule has 10 heteroatoms. The molecule has 5 rings (SSSR count). The summed E-state index contributed by atoms with van der Waals surface area (Å²) in [4.78, 5) is 20.6. The third-order valence-electron chi connectivity index (χ3n) is 6.91. The quantitative estimate of drug-likeness (QED) is 0.434. The average Bonchev–Trinajstić information content (AvgIpc) is 3.67. The lowest BCUT2D eigenvalue weighted by molar-refractivity contribution is -0.122. The summed E-state index contributed by atoms with van der Waals surface area (Å²) in [6.45, 7) is 3.45. The molecule has 3 aromatic rings. The number of carbonyl (C=O) groups excluding carboxylic acids is 1. The Hall–Kier alpha value is -2.53.